The third kappa shape index (κ3) is 7.01. The van der Waals surface area contributed by atoms with Gasteiger partial charge >= 0.3 is 0 Å². The van der Waals surface area contributed by atoms with Gasteiger partial charge in [0.15, 0.2) is 0 Å². The van der Waals surface area contributed by atoms with Gasteiger partial charge in [-0.05, 0) is 92.0 Å². The minimum Gasteiger partial charge on any atom is -0.319 e. The van der Waals surface area contributed by atoms with Crippen LogP contribution in [0, 0.1) is 17.8 Å². The zero-order chi connectivity index (χ0) is 16.5. The van der Waals surface area contributed by atoms with Crippen molar-refractivity contribution in [1.82, 2.24) is 10.2 Å². The molecule has 1 N–H and O–H groups in total. The lowest BCUT2D eigenvalue weighted by atomic mass is 9.80. The van der Waals surface area contributed by atoms with E-state index in [0.29, 0.717) is 23.4 Å². The molecule has 0 aromatic rings. The fourth-order valence-corrected chi connectivity index (χ4v) is 3.48. The Labute approximate surface area is 136 Å². The maximum Gasteiger partial charge on any atom is 0.133 e. The van der Waals surface area contributed by atoms with Crippen LogP contribution in [0.4, 0.5) is 0 Å². The van der Waals surface area contributed by atoms with Crippen LogP contribution in [0.2, 0.25) is 0 Å². The normalized spacial score (nSPS) is 26.9. The lowest BCUT2D eigenvalue weighted by Crippen LogP contribution is -2.32. The molecular weight excluding hydrogens is 276 g/mol. The second kappa shape index (κ2) is 10.1. The van der Waals surface area contributed by atoms with Crippen molar-refractivity contribution in [3.05, 3.63) is 0 Å². The van der Waals surface area contributed by atoms with Gasteiger partial charge in [-0.3, -0.25) is 9.59 Å². The van der Waals surface area contributed by atoms with Gasteiger partial charge in [0.25, 0.3) is 0 Å². The first-order valence-electron chi connectivity index (χ1n) is 8.78. The van der Waals surface area contributed by atoms with E-state index in [-0.39, 0.29) is 0 Å². The summed E-state index contributed by atoms with van der Waals surface area (Å²) in [5.74, 6) is 2.30. The maximum atomic E-state index is 11.0. The van der Waals surface area contributed by atoms with Gasteiger partial charge in [0.05, 0.1) is 0 Å². The van der Waals surface area contributed by atoms with Crippen molar-refractivity contribution >= 4 is 11.6 Å². The molecule has 0 unspecified atom stereocenters. The van der Waals surface area contributed by atoms with Crippen molar-refractivity contribution in [2.24, 2.45) is 17.8 Å². The number of rotatable bonds is 4. The fourth-order valence-electron chi connectivity index (χ4n) is 3.48. The average Bonchev–Trinajstić information content (AvgIpc) is 2.49. The molecule has 1 saturated carbocycles. The molecule has 0 aromatic carbocycles. The molecule has 0 radical (unpaired) electrons. The second-order valence-corrected chi connectivity index (χ2v) is 7.07. The zero-order valence-corrected chi connectivity index (χ0v) is 14.9. The van der Waals surface area contributed by atoms with Crippen LogP contribution >= 0.6 is 0 Å². The van der Waals surface area contributed by atoms with Crippen LogP contribution in [-0.4, -0.2) is 50.2 Å². The highest BCUT2D eigenvalue weighted by Crippen LogP contribution is 2.28. The summed E-state index contributed by atoms with van der Waals surface area (Å²) in [5, 5.41) is 3.20. The molecule has 1 aliphatic carbocycles. The van der Waals surface area contributed by atoms with E-state index in [2.05, 4.69) is 17.3 Å². The van der Waals surface area contributed by atoms with Crippen LogP contribution in [0.1, 0.15) is 52.4 Å². The van der Waals surface area contributed by atoms with Crippen molar-refractivity contribution in [2.75, 3.05) is 33.7 Å². The van der Waals surface area contributed by atoms with Crippen molar-refractivity contribution in [3.63, 3.8) is 0 Å². The third-order valence-corrected chi connectivity index (χ3v) is 5.21. The first-order valence-corrected chi connectivity index (χ1v) is 8.78. The number of piperidine rings is 1. The molecule has 1 saturated heterocycles. The first kappa shape index (κ1) is 19.3. The van der Waals surface area contributed by atoms with E-state index in [4.69, 9.17) is 0 Å². The topological polar surface area (TPSA) is 49.4 Å². The molecular formula is C18H34N2O2. The van der Waals surface area contributed by atoms with Crippen molar-refractivity contribution in [1.29, 1.82) is 0 Å². The van der Waals surface area contributed by atoms with Crippen LogP contribution in [0.3, 0.4) is 0 Å². The summed E-state index contributed by atoms with van der Waals surface area (Å²) in [7, 11) is 4.10. The average molecular weight is 310 g/mol. The number of nitrogens with zero attached hydrogens (tertiary/aromatic N) is 1. The summed E-state index contributed by atoms with van der Waals surface area (Å²) in [6, 6.07) is 0. The predicted molar refractivity (Wildman–Crippen MR) is 91.0 cm³/mol. The predicted octanol–water partition coefficient (Wildman–Crippen LogP) is 2.52. The molecule has 0 amide bonds. The molecule has 4 heteroatoms. The summed E-state index contributed by atoms with van der Waals surface area (Å²) < 4.78 is 0. The minimum absolute atomic E-state index is 0.358. The highest BCUT2D eigenvalue weighted by Gasteiger charge is 2.23. The number of hydrogen-bond donors (Lipinski definition) is 1. The standard InChI is InChI=1S/C10H19NO.C8H15NO/c1-8(12)10-5-3-9(4-6-10)7-11-2;1-7(10)8-3-5-9(2)6-4-8/h9-11H,3-7H2,1-2H3;8H,3-6H2,1-2H3. The summed E-state index contributed by atoms with van der Waals surface area (Å²) in [6.07, 6.45) is 6.80. The largest absolute Gasteiger partial charge is 0.319 e. The molecule has 0 bridgehead atoms. The third-order valence-electron chi connectivity index (χ3n) is 5.21. The Morgan fingerprint density at radius 2 is 1.36 bits per heavy atom. The number of nitrogens with one attached hydrogen (secondary N) is 1. The summed E-state index contributed by atoms with van der Waals surface area (Å²) in [5.41, 5.74) is 0. The zero-order valence-electron chi connectivity index (χ0n) is 14.9. The van der Waals surface area contributed by atoms with Gasteiger partial charge in [-0.1, -0.05) is 0 Å². The lowest BCUT2D eigenvalue weighted by molar-refractivity contribution is -0.122. The summed E-state index contributed by atoms with van der Waals surface area (Å²) in [4.78, 5) is 24.2. The van der Waals surface area contributed by atoms with E-state index in [0.717, 1.165) is 51.2 Å². The molecule has 128 valence electrons. The van der Waals surface area contributed by atoms with Crippen LogP contribution in [-0.2, 0) is 9.59 Å². The van der Waals surface area contributed by atoms with Crippen LogP contribution in [0.15, 0.2) is 0 Å². The van der Waals surface area contributed by atoms with E-state index in [1.54, 1.807) is 13.8 Å². The Hall–Kier alpha value is -0.740. The molecule has 1 aliphatic heterocycles. The number of carbonyl (C=O) groups is 2. The van der Waals surface area contributed by atoms with Gasteiger partial charge in [-0.2, -0.15) is 0 Å². The van der Waals surface area contributed by atoms with E-state index >= 15 is 0 Å². The molecule has 4 nitrogen and oxygen atoms in total. The molecule has 0 atom stereocenters. The molecule has 1 heterocycles. The molecule has 22 heavy (non-hydrogen) atoms. The van der Waals surface area contributed by atoms with Gasteiger partial charge in [-0.15, -0.1) is 0 Å². The SMILES string of the molecule is CC(=O)C1CCN(C)CC1.CNCC1CCC(C(C)=O)CC1. The van der Waals surface area contributed by atoms with E-state index in [9.17, 15) is 9.59 Å². The molecule has 0 aromatic heterocycles. The molecule has 2 fully saturated rings. The fraction of sp³-hybridized carbons (Fsp3) is 0.889. The van der Waals surface area contributed by atoms with Gasteiger partial charge in [0.2, 0.25) is 0 Å². The highest BCUT2D eigenvalue weighted by atomic mass is 16.1. The van der Waals surface area contributed by atoms with Crippen molar-refractivity contribution in [2.45, 2.75) is 52.4 Å². The second-order valence-electron chi connectivity index (χ2n) is 7.07. The number of hydrogen-bond acceptors (Lipinski definition) is 4. The monoisotopic (exact) mass is 310 g/mol. The van der Waals surface area contributed by atoms with Crippen molar-refractivity contribution in [3.8, 4) is 0 Å². The molecule has 2 aliphatic rings. The summed E-state index contributed by atoms with van der Waals surface area (Å²) >= 11 is 0. The Bertz CT molecular complexity index is 341. The number of ketones is 2. The molecule has 0 spiro atoms. The van der Waals surface area contributed by atoms with Crippen LogP contribution in [0.5, 0.6) is 0 Å². The van der Waals surface area contributed by atoms with E-state index < -0.39 is 0 Å². The van der Waals surface area contributed by atoms with Gasteiger partial charge in [0, 0.05) is 11.8 Å². The number of Topliss-reactive ketones (excluding diaryl/α,β-unsaturated/α-hetero) is 2. The van der Waals surface area contributed by atoms with Crippen LogP contribution < -0.4 is 5.32 Å². The Kier molecular flexibility index (Phi) is 8.88. The lowest BCUT2D eigenvalue weighted by Gasteiger charge is -2.26. The number of likely N-dealkylation sites (tertiary alicyclic amines) is 1. The Balaban J connectivity index is 0.000000224. The van der Waals surface area contributed by atoms with E-state index in [1.807, 2.05) is 7.05 Å². The van der Waals surface area contributed by atoms with E-state index in [1.165, 1.54) is 12.8 Å². The molecule has 2 rings (SSSR count). The summed E-state index contributed by atoms with van der Waals surface area (Å²) in [6.45, 7) is 6.72. The maximum absolute atomic E-state index is 11.0. The smallest absolute Gasteiger partial charge is 0.133 e. The van der Waals surface area contributed by atoms with Gasteiger partial charge < -0.3 is 10.2 Å². The highest BCUT2D eigenvalue weighted by molar-refractivity contribution is 5.78. The van der Waals surface area contributed by atoms with Crippen LogP contribution in [0.25, 0.3) is 0 Å². The number of carbonyl (C=O) groups excluding carboxylic acids is 2. The van der Waals surface area contributed by atoms with Gasteiger partial charge in [0.1, 0.15) is 11.6 Å². The Morgan fingerprint density at radius 3 is 1.77 bits per heavy atom. The first-order chi connectivity index (χ1) is 10.4. The van der Waals surface area contributed by atoms with Gasteiger partial charge in [-0.25, -0.2) is 0 Å². The quantitative estimate of drug-likeness (QED) is 0.867. The Morgan fingerprint density at radius 1 is 0.909 bits per heavy atom. The van der Waals surface area contributed by atoms with Crippen molar-refractivity contribution < 1.29 is 9.59 Å². The minimum atomic E-state index is 0.358.